The van der Waals surface area contributed by atoms with Crippen LogP contribution in [0, 0.1) is 0 Å². The van der Waals surface area contributed by atoms with E-state index in [1.165, 1.54) is 27.4 Å². The molecule has 1 heterocycles. The van der Waals surface area contributed by atoms with Crippen LogP contribution >= 0.6 is 0 Å². The number of allylic oxidation sites excluding steroid dienone is 1. The molecule has 0 radical (unpaired) electrons. The smallest absolute Gasteiger partial charge is 0.319 e. The van der Waals surface area contributed by atoms with Crippen molar-refractivity contribution in [1.29, 1.82) is 0 Å². The molecule has 0 spiro atoms. The van der Waals surface area contributed by atoms with Gasteiger partial charge in [0.25, 0.3) is 5.91 Å². The van der Waals surface area contributed by atoms with Crippen LogP contribution < -0.4 is 30.2 Å². The molecule has 0 saturated carbocycles. The van der Waals surface area contributed by atoms with Crippen LogP contribution in [0.4, 0.5) is 10.5 Å². The normalized spacial score (nSPS) is 15.7. The summed E-state index contributed by atoms with van der Waals surface area (Å²) in [6.07, 6.45) is 0. The van der Waals surface area contributed by atoms with E-state index in [4.69, 9.17) is 14.2 Å². The quantitative estimate of drug-likeness (QED) is 0.578. The number of carbonyl (C=O) groups excluding carboxylic acids is 2. The molecule has 0 aliphatic carbocycles. The van der Waals surface area contributed by atoms with E-state index in [0.717, 1.165) is 0 Å². The Hall–Kier alpha value is -3.88. The Labute approximate surface area is 173 Å². The van der Waals surface area contributed by atoms with Gasteiger partial charge in [-0.05, 0) is 36.8 Å². The number of amides is 3. The number of ether oxygens (including phenoxy) is 3. The Morgan fingerprint density at radius 1 is 1.03 bits per heavy atom. The minimum Gasteiger partial charge on any atom is -0.504 e. The second kappa shape index (κ2) is 8.64. The molecule has 2 aromatic rings. The van der Waals surface area contributed by atoms with Gasteiger partial charge in [0.2, 0.25) is 0 Å². The van der Waals surface area contributed by atoms with Gasteiger partial charge in [-0.2, -0.15) is 0 Å². The maximum absolute atomic E-state index is 13.2. The molecule has 0 fully saturated rings. The molecule has 2 aromatic carbocycles. The molecule has 0 bridgehead atoms. The lowest BCUT2D eigenvalue weighted by molar-refractivity contribution is -0.113. The molecule has 1 atom stereocenters. The second-order valence-electron chi connectivity index (χ2n) is 6.52. The molecule has 158 valence electrons. The zero-order valence-corrected chi connectivity index (χ0v) is 17.0. The van der Waals surface area contributed by atoms with Gasteiger partial charge in [-0.25, -0.2) is 4.79 Å². The van der Waals surface area contributed by atoms with Crippen molar-refractivity contribution in [2.75, 3.05) is 26.6 Å². The summed E-state index contributed by atoms with van der Waals surface area (Å²) in [7, 11) is 4.45. The van der Waals surface area contributed by atoms with Crippen molar-refractivity contribution in [3.05, 3.63) is 53.2 Å². The minimum absolute atomic E-state index is 0.0452. The zero-order valence-electron chi connectivity index (χ0n) is 17.0. The molecule has 1 aliphatic rings. The van der Waals surface area contributed by atoms with Crippen molar-refractivity contribution >= 4 is 17.6 Å². The van der Waals surface area contributed by atoms with Crippen LogP contribution in [0.1, 0.15) is 18.5 Å². The first-order chi connectivity index (χ1) is 14.4. The topological polar surface area (TPSA) is 118 Å². The second-order valence-corrected chi connectivity index (χ2v) is 6.52. The van der Waals surface area contributed by atoms with Crippen LogP contribution in [0.3, 0.4) is 0 Å². The van der Waals surface area contributed by atoms with E-state index in [1.54, 1.807) is 37.3 Å². The van der Waals surface area contributed by atoms with Crippen molar-refractivity contribution in [2.24, 2.45) is 0 Å². The number of benzene rings is 2. The Bertz CT molecular complexity index is 1020. The molecular weight excluding hydrogens is 390 g/mol. The first-order valence-corrected chi connectivity index (χ1v) is 9.06. The lowest BCUT2D eigenvalue weighted by atomic mass is 9.94. The number of phenols is 1. The van der Waals surface area contributed by atoms with Crippen molar-refractivity contribution in [1.82, 2.24) is 10.6 Å². The molecule has 9 nitrogen and oxygen atoms in total. The number of hydrogen-bond acceptors (Lipinski definition) is 6. The summed E-state index contributed by atoms with van der Waals surface area (Å²) < 4.78 is 15.7. The first-order valence-electron chi connectivity index (χ1n) is 9.06. The summed E-state index contributed by atoms with van der Waals surface area (Å²) in [5, 5.41) is 18.0. The van der Waals surface area contributed by atoms with Crippen molar-refractivity contribution in [3.8, 4) is 23.0 Å². The number of carbonyl (C=O) groups is 2. The Morgan fingerprint density at radius 3 is 2.43 bits per heavy atom. The fourth-order valence-corrected chi connectivity index (χ4v) is 3.21. The fraction of sp³-hybridized carbons (Fsp3) is 0.238. The van der Waals surface area contributed by atoms with E-state index < -0.39 is 18.0 Å². The molecular formula is C21H23N3O6. The van der Waals surface area contributed by atoms with E-state index >= 15 is 0 Å². The van der Waals surface area contributed by atoms with Crippen molar-refractivity contribution in [2.45, 2.75) is 13.0 Å². The standard InChI is InChI=1S/C21H23N3O6/c1-11-18(20(26)23-14-7-6-13(28-2)10-16(14)29-3)19(24-21(27)22-11)12-5-8-15(25)17(9-12)30-4/h5-10,19,25H,1-4H3,(H,23,26)(H2,22,24,27)/t19-/m0/s1. The van der Waals surface area contributed by atoms with Gasteiger partial charge in [0, 0.05) is 11.8 Å². The van der Waals surface area contributed by atoms with E-state index in [0.29, 0.717) is 34.0 Å². The van der Waals surface area contributed by atoms with Crippen LogP contribution in [-0.4, -0.2) is 38.4 Å². The summed E-state index contributed by atoms with van der Waals surface area (Å²) in [5.41, 5.74) is 1.73. The van der Waals surface area contributed by atoms with Gasteiger partial charge in [-0.3, -0.25) is 4.79 Å². The monoisotopic (exact) mass is 413 g/mol. The zero-order chi connectivity index (χ0) is 21.8. The number of anilines is 1. The van der Waals surface area contributed by atoms with Crippen LogP contribution in [0.25, 0.3) is 0 Å². The third-order valence-electron chi connectivity index (χ3n) is 4.71. The number of nitrogens with one attached hydrogen (secondary N) is 3. The average Bonchev–Trinajstić information content (AvgIpc) is 2.73. The molecule has 1 aliphatic heterocycles. The molecule has 4 N–H and O–H groups in total. The van der Waals surface area contributed by atoms with Gasteiger partial charge in [-0.1, -0.05) is 6.07 Å². The third-order valence-corrected chi connectivity index (χ3v) is 4.71. The van der Waals surface area contributed by atoms with Crippen LogP contribution in [0.2, 0.25) is 0 Å². The lowest BCUT2D eigenvalue weighted by Crippen LogP contribution is -2.46. The highest BCUT2D eigenvalue weighted by atomic mass is 16.5. The Morgan fingerprint density at radius 2 is 1.77 bits per heavy atom. The Kier molecular flexibility index (Phi) is 6.01. The number of methoxy groups -OCH3 is 3. The summed E-state index contributed by atoms with van der Waals surface area (Å²) in [6.45, 7) is 1.64. The van der Waals surface area contributed by atoms with Crippen molar-refractivity contribution < 1.29 is 28.9 Å². The summed E-state index contributed by atoms with van der Waals surface area (Å²) in [4.78, 5) is 25.3. The number of rotatable bonds is 6. The Balaban J connectivity index is 1.98. The number of aromatic hydroxyl groups is 1. The predicted molar refractivity (Wildman–Crippen MR) is 110 cm³/mol. The molecule has 0 saturated heterocycles. The summed E-state index contributed by atoms with van der Waals surface area (Å²) in [5.74, 6) is 0.767. The molecule has 0 aromatic heterocycles. The van der Waals surface area contributed by atoms with Gasteiger partial charge in [0.05, 0.1) is 38.6 Å². The van der Waals surface area contributed by atoms with Gasteiger partial charge in [0.1, 0.15) is 11.5 Å². The van der Waals surface area contributed by atoms with Gasteiger partial charge in [-0.15, -0.1) is 0 Å². The third kappa shape index (κ3) is 4.09. The van der Waals surface area contributed by atoms with Crippen molar-refractivity contribution in [3.63, 3.8) is 0 Å². The largest absolute Gasteiger partial charge is 0.504 e. The summed E-state index contributed by atoms with van der Waals surface area (Å²) >= 11 is 0. The SMILES string of the molecule is COc1ccc(NC(=O)C2=C(C)NC(=O)N[C@H]2c2ccc(O)c(OC)c2)c(OC)c1. The maximum atomic E-state index is 13.2. The minimum atomic E-state index is -0.752. The highest BCUT2D eigenvalue weighted by Crippen LogP contribution is 2.35. The molecule has 9 heteroatoms. The van der Waals surface area contributed by atoms with Gasteiger partial charge >= 0.3 is 6.03 Å². The maximum Gasteiger partial charge on any atom is 0.319 e. The van der Waals surface area contributed by atoms with E-state index in [-0.39, 0.29) is 11.5 Å². The summed E-state index contributed by atoms with van der Waals surface area (Å²) in [6, 6.07) is 8.45. The van der Waals surface area contributed by atoms with Crippen LogP contribution in [0.5, 0.6) is 23.0 Å². The highest BCUT2D eigenvalue weighted by molar-refractivity contribution is 6.07. The van der Waals surface area contributed by atoms with E-state index in [1.807, 2.05) is 0 Å². The molecule has 3 rings (SSSR count). The number of hydrogen-bond donors (Lipinski definition) is 4. The first kappa shape index (κ1) is 20.8. The van der Waals surface area contributed by atoms with E-state index in [2.05, 4.69) is 16.0 Å². The highest BCUT2D eigenvalue weighted by Gasteiger charge is 2.32. The number of phenolic OH excluding ortho intramolecular Hbond substituents is 1. The fourth-order valence-electron chi connectivity index (χ4n) is 3.21. The van der Waals surface area contributed by atoms with Gasteiger partial charge in [0.15, 0.2) is 11.5 Å². The molecule has 30 heavy (non-hydrogen) atoms. The average molecular weight is 413 g/mol. The predicted octanol–water partition coefficient (Wildman–Crippen LogP) is 2.68. The van der Waals surface area contributed by atoms with Crippen LogP contribution in [-0.2, 0) is 4.79 Å². The van der Waals surface area contributed by atoms with Crippen LogP contribution in [0.15, 0.2) is 47.7 Å². The van der Waals surface area contributed by atoms with Gasteiger partial charge < -0.3 is 35.3 Å². The lowest BCUT2D eigenvalue weighted by Gasteiger charge is -2.29. The number of urea groups is 1. The molecule has 0 unspecified atom stereocenters. The molecule has 3 amide bonds. The van der Waals surface area contributed by atoms with E-state index in [9.17, 15) is 14.7 Å².